The van der Waals surface area contributed by atoms with Crippen LogP contribution in [0.4, 0.5) is 4.79 Å². The van der Waals surface area contributed by atoms with Crippen molar-refractivity contribution in [2.24, 2.45) is 5.73 Å². The van der Waals surface area contributed by atoms with Gasteiger partial charge in [-0.25, -0.2) is 4.79 Å². The fourth-order valence-electron chi connectivity index (χ4n) is 2.90. The number of ether oxygens (including phenoxy) is 4. The Bertz CT molecular complexity index is 827. The Kier molecular flexibility index (Phi) is 12.1. The third kappa shape index (κ3) is 10.4. The standard InChI is InChI=1S/C23H38Cl2N2O6Si/c1-8-31-19(28)14-27(22(29)33-23(2,3)4)17(13-26)20-18(10-9-16(24)21(20)25)32-15-30-11-12-34(5,6)7/h9-10,17H,8,11-15,26H2,1-7H3. The van der Waals surface area contributed by atoms with Crippen molar-refractivity contribution in [2.75, 3.05) is 33.1 Å². The van der Waals surface area contributed by atoms with E-state index in [1.165, 1.54) is 4.90 Å². The van der Waals surface area contributed by atoms with Gasteiger partial charge in [0.05, 0.1) is 22.7 Å². The number of carbonyl (C=O) groups is 2. The largest absolute Gasteiger partial charge is 0.467 e. The zero-order valence-corrected chi connectivity index (χ0v) is 23.7. The van der Waals surface area contributed by atoms with Gasteiger partial charge < -0.3 is 24.7 Å². The van der Waals surface area contributed by atoms with Crippen LogP contribution in [0.25, 0.3) is 0 Å². The van der Waals surface area contributed by atoms with Gasteiger partial charge in [-0.2, -0.15) is 0 Å². The van der Waals surface area contributed by atoms with Crippen LogP contribution in [-0.2, 0) is 19.0 Å². The third-order valence-corrected chi connectivity index (χ3v) is 7.08. The highest BCUT2D eigenvalue weighted by molar-refractivity contribution is 6.76. The van der Waals surface area contributed by atoms with Gasteiger partial charge in [-0.15, -0.1) is 0 Å². The second-order valence-corrected chi connectivity index (χ2v) is 16.3. The zero-order valence-electron chi connectivity index (χ0n) is 21.2. The van der Waals surface area contributed by atoms with E-state index >= 15 is 0 Å². The maximum Gasteiger partial charge on any atom is 0.411 e. The van der Waals surface area contributed by atoms with Crippen molar-refractivity contribution in [1.82, 2.24) is 4.90 Å². The van der Waals surface area contributed by atoms with Gasteiger partial charge in [-0.3, -0.25) is 9.69 Å². The number of nitrogens with zero attached hydrogens (tertiary/aromatic N) is 1. The topological polar surface area (TPSA) is 100 Å². The van der Waals surface area contributed by atoms with Crippen LogP contribution in [0.15, 0.2) is 12.1 Å². The average Bonchev–Trinajstić information content (AvgIpc) is 2.69. The second-order valence-electron chi connectivity index (χ2n) is 9.92. The normalized spacial score (nSPS) is 12.8. The molecule has 0 saturated carbocycles. The van der Waals surface area contributed by atoms with E-state index in [2.05, 4.69) is 19.6 Å². The molecule has 1 amide bonds. The molecule has 0 aliphatic heterocycles. The summed E-state index contributed by atoms with van der Waals surface area (Å²) < 4.78 is 22.1. The van der Waals surface area contributed by atoms with Crippen molar-refractivity contribution in [2.45, 2.75) is 65.0 Å². The van der Waals surface area contributed by atoms with Crippen molar-refractivity contribution < 1.29 is 28.5 Å². The number of carbonyl (C=O) groups excluding carboxylic acids is 2. The van der Waals surface area contributed by atoms with Crippen LogP contribution in [0.1, 0.15) is 39.3 Å². The first-order valence-corrected chi connectivity index (χ1v) is 15.7. The van der Waals surface area contributed by atoms with E-state index in [9.17, 15) is 9.59 Å². The van der Waals surface area contributed by atoms with Gasteiger partial charge in [0, 0.05) is 26.8 Å². The molecule has 8 nitrogen and oxygen atoms in total. The first-order chi connectivity index (χ1) is 15.7. The number of hydrogen-bond acceptors (Lipinski definition) is 7. The Balaban J connectivity index is 3.28. The van der Waals surface area contributed by atoms with E-state index in [1.54, 1.807) is 39.8 Å². The van der Waals surface area contributed by atoms with Gasteiger partial charge in [0.25, 0.3) is 0 Å². The van der Waals surface area contributed by atoms with Crippen molar-refractivity contribution in [3.05, 3.63) is 27.7 Å². The molecule has 0 spiro atoms. The van der Waals surface area contributed by atoms with Gasteiger partial charge in [-0.05, 0) is 45.9 Å². The molecule has 0 bridgehead atoms. The minimum atomic E-state index is -1.24. The highest BCUT2D eigenvalue weighted by atomic mass is 35.5. The van der Waals surface area contributed by atoms with Crippen LogP contribution in [0, 0.1) is 0 Å². The molecular weight excluding hydrogens is 499 g/mol. The zero-order chi connectivity index (χ0) is 26.1. The lowest BCUT2D eigenvalue weighted by molar-refractivity contribution is -0.145. The highest BCUT2D eigenvalue weighted by Gasteiger charge is 2.34. The molecule has 1 atom stereocenters. The number of amides is 1. The Labute approximate surface area is 213 Å². The van der Waals surface area contributed by atoms with Crippen LogP contribution >= 0.6 is 23.2 Å². The molecule has 0 aliphatic rings. The van der Waals surface area contributed by atoms with Crippen LogP contribution in [0.5, 0.6) is 5.75 Å². The fraction of sp³-hybridized carbons (Fsp3) is 0.652. The van der Waals surface area contributed by atoms with Crippen LogP contribution in [-0.4, -0.2) is 63.7 Å². The molecule has 11 heteroatoms. The smallest absolute Gasteiger partial charge is 0.411 e. The van der Waals surface area contributed by atoms with E-state index < -0.39 is 31.8 Å². The van der Waals surface area contributed by atoms with Crippen molar-refractivity contribution in [1.29, 1.82) is 0 Å². The average molecular weight is 538 g/mol. The summed E-state index contributed by atoms with van der Waals surface area (Å²) in [6, 6.07) is 3.33. The van der Waals surface area contributed by atoms with Crippen molar-refractivity contribution in [3.63, 3.8) is 0 Å². The molecule has 0 radical (unpaired) electrons. The molecule has 1 unspecified atom stereocenters. The minimum absolute atomic E-state index is 0.0168. The summed E-state index contributed by atoms with van der Waals surface area (Å²) in [4.78, 5) is 26.6. The number of nitrogens with two attached hydrogens (primary N) is 1. The molecule has 194 valence electrons. The molecule has 0 saturated heterocycles. The Morgan fingerprint density at radius 3 is 2.35 bits per heavy atom. The van der Waals surface area contributed by atoms with Gasteiger partial charge in [0.1, 0.15) is 17.9 Å². The fourth-order valence-corrected chi connectivity index (χ4v) is 4.10. The van der Waals surface area contributed by atoms with Gasteiger partial charge in [0.15, 0.2) is 6.79 Å². The van der Waals surface area contributed by atoms with Crippen LogP contribution in [0.2, 0.25) is 35.7 Å². The van der Waals surface area contributed by atoms with Gasteiger partial charge in [0.2, 0.25) is 0 Å². The summed E-state index contributed by atoms with van der Waals surface area (Å²) in [5.74, 6) is -0.266. The molecule has 0 aromatic heterocycles. The number of rotatable bonds is 12. The Morgan fingerprint density at radius 2 is 1.82 bits per heavy atom. The highest BCUT2D eigenvalue weighted by Crippen LogP contribution is 2.40. The predicted octanol–water partition coefficient (Wildman–Crippen LogP) is 5.48. The first kappa shape index (κ1) is 30.5. The van der Waals surface area contributed by atoms with Gasteiger partial charge in [-0.1, -0.05) is 42.8 Å². The van der Waals surface area contributed by atoms with E-state index in [0.717, 1.165) is 6.04 Å². The number of halogens is 2. The maximum atomic E-state index is 13.1. The van der Waals surface area contributed by atoms with Crippen LogP contribution in [0.3, 0.4) is 0 Å². The maximum absolute atomic E-state index is 13.1. The third-order valence-electron chi connectivity index (χ3n) is 4.55. The van der Waals surface area contributed by atoms with Crippen molar-refractivity contribution in [3.8, 4) is 5.75 Å². The molecule has 1 rings (SSSR count). The quantitative estimate of drug-likeness (QED) is 0.163. The summed E-state index contributed by atoms with van der Waals surface area (Å²) >= 11 is 12.8. The SMILES string of the molecule is CCOC(=O)CN(C(=O)OC(C)(C)C)C(CN)c1c(OCOCC[Si](C)(C)C)ccc(Cl)c1Cl. The Morgan fingerprint density at radius 1 is 1.18 bits per heavy atom. The van der Waals surface area contributed by atoms with E-state index in [4.69, 9.17) is 47.9 Å². The molecular formula is C23H38Cl2N2O6Si. The van der Waals surface area contributed by atoms with Gasteiger partial charge >= 0.3 is 12.1 Å². The lowest BCUT2D eigenvalue weighted by atomic mass is 10.0. The Hall–Kier alpha value is -1.52. The molecule has 1 aromatic rings. The molecule has 34 heavy (non-hydrogen) atoms. The van der Waals surface area contributed by atoms with E-state index in [-0.39, 0.29) is 36.5 Å². The van der Waals surface area contributed by atoms with E-state index in [0.29, 0.717) is 17.9 Å². The molecule has 1 aromatic carbocycles. The van der Waals surface area contributed by atoms with Crippen molar-refractivity contribution >= 4 is 43.3 Å². The summed E-state index contributed by atoms with van der Waals surface area (Å²) in [6.45, 7) is 13.9. The second kappa shape index (κ2) is 13.5. The summed E-state index contributed by atoms with van der Waals surface area (Å²) in [7, 11) is -1.24. The summed E-state index contributed by atoms with van der Waals surface area (Å²) in [5, 5.41) is 0.413. The molecule has 0 heterocycles. The predicted molar refractivity (Wildman–Crippen MR) is 137 cm³/mol. The van der Waals surface area contributed by atoms with Crippen LogP contribution < -0.4 is 10.5 Å². The molecule has 0 aliphatic carbocycles. The molecule has 0 fully saturated rings. The van der Waals surface area contributed by atoms with E-state index in [1.807, 2.05) is 0 Å². The number of esters is 1. The number of benzene rings is 1. The summed E-state index contributed by atoms with van der Waals surface area (Å²) in [5.41, 5.74) is 5.64. The lowest BCUT2D eigenvalue weighted by Crippen LogP contribution is -2.45. The minimum Gasteiger partial charge on any atom is -0.467 e. The first-order valence-electron chi connectivity index (χ1n) is 11.2. The lowest BCUT2D eigenvalue weighted by Gasteiger charge is -2.33. The number of hydrogen-bond donors (Lipinski definition) is 1. The monoisotopic (exact) mass is 536 g/mol. The molecule has 2 N–H and O–H groups in total. The summed E-state index contributed by atoms with van der Waals surface area (Å²) in [6.07, 6.45) is -0.746.